The minimum Gasteiger partial charge on any atom is -0.295 e. The van der Waals surface area contributed by atoms with E-state index in [2.05, 4.69) is 4.98 Å². The molecule has 0 bridgehead atoms. The number of H-pyrrole nitrogens is 1. The van der Waals surface area contributed by atoms with Crippen molar-refractivity contribution < 1.29 is 0 Å². The molecule has 1 aromatic heterocycles. The summed E-state index contributed by atoms with van der Waals surface area (Å²) in [6.07, 6.45) is 1.37. The highest BCUT2D eigenvalue weighted by atomic mass is 35.5. The van der Waals surface area contributed by atoms with Gasteiger partial charge in [-0.3, -0.25) is 14.3 Å². The molecule has 1 aromatic carbocycles. The molecule has 0 spiro atoms. The SMILES string of the molecule is Cc1ccc(C)c(Cn2cc(Cl)c(=O)[nH]c2=O)c1. The molecule has 2 aromatic rings. The van der Waals surface area contributed by atoms with Crippen LogP contribution in [0.15, 0.2) is 34.0 Å². The Kier molecular flexibility index (Phi) is 3.39. The van der Waals surface area contributed by atoms with E-state index in [1.165, 1.54) is 10.8 Å². The van der Waals surface area contributed by atoms with Gasteiger partial charge in [0.1, 0.15) is 5.02 Å². The lowest BCUT2D eigenvalue weighted by atomic mass is 10.1. The van der Waals surface area contributed by atoms with Gasteiger partial charge in [-0.05, 0) is 25.0 Å². The van der Waals surface area contributed by atoms with Crippen molar-refractivity contribution in [1.29, 1.82) is 0 Å². The fourth-order valence-corrected chi connectivity index (χ4v) is 1.92. The third-order valence-corrected chi connectivity index (χ3v) is 3.08. The minimum absolute atomic E-state index is 0.0138. The fourth-order valence-electron chi connectivity index (χ4n) is 1.75. The maximum atomic E-state index is 11.6. The Morgan fingerprint density at radius 2 is 2.00 bits per heavy atom. The van der Waals surface area contributed by atoms with Gasteiger partial charge in [-0.2, -0.15) is 0 Å². The Morgan fingerprint density at radius 3 is 2.72 bits per heavy atom. The Balaban J connectivity index is 2.46. The van der Waals surface area contributed by atoms with Crippen molar-refractivity contribution in [2.75, 3.05) is 0 Å². The van der Waals surface area contributed by atoms with E-state index in [1.54, 1.807) is 0 Å². The summed E-state index contributed by atoms with van der Waals surface area (Å²) in [5.41, 5.74) is 2.23. The fraction of sp³-hybridized carbons (Fsp3) is 0.231. The smallest absolute Gasteiger partial charge is 0.295 e. The number of hydrogen-bond donors (Lipinski definition) is 1. The summed E-state index contributed by atoms with van der Waals surface area (Å²) in [7, 11) is 0. The molecule has 0 atom stereocenters. The third-order valence-electron chi connectivity index (χ3n) is 2.81. The topological polar surface area (TPSA) is 54.9 Å². The molecular formula is C13H13ClN2O2. The Bertz CT molecular complexity index is 701. The zero-order chi connectivity index (χ0) is 13.3. The highest BCUT2D eigenvalue weighted by molar-refractivity contribution is 6.30. The van der Waals surface area contributed by atoms with Crippen LogP contribution in [0.5, 0.6) is 0 Å². The average molecular weight is 265 g/mol. The summed E-state index contributed by atoms with van der Waals surface area (Å²) in [6, 6.07) is 6.03. The zero-order valence-corrected chi connectivity index (χ0v) is 10.9. The quantitative estimate of drug-likeness (QED) is 0.900. The van der Waals surface area contributed by atoms with Crippen LogP contribution in [0.4, 0.5) is 0 Å². The first kappa shape index (κ1) is 12.6. The highest BCUT2D eigenvalue weighted by Crippen LogP contribution is 2.11. The van der Waals surface area contributed by atoms with E-state index in [0.29, 0.717) is 6.54 Å². The summed E-state index contributed by atoms with van der Waals surface area (Å²) in [5, 5.41) is 0.0138. The predicted octanol–water partition coefficient (Wildman–Crippen LogP) is 1.86. The van der Waals surface area contributed by atoms with Gasteiger partial charge in [-0.25, -0.2) is 4.79 Å². The maximum Gasteiger partial charge on any atom is 0.328 e. The average Bonchev–Trinajstić information content (AvgIpc) is 2.30. The molecule has 0 amide bonds. The van der Waals surface area contributed by atoms with Crippen LogP contribution in [0.25, 0.3) is 0 Å². The molecule has 1 heterocycles. The Hall–Kier alpha value is -1.81. The van der Waals surface area contributed by atoms with Crippen LogP contribution in [-0.2, 0) is 6.54 Å². The van der Waals surface area contributed by atoms with Crippen LogP contribution in [-0.4, -0.2) is 9.55 Å². The van der Waals surface area contributed by atoms with Gasteiger partial charge in [-0.15, -0.1) is 0 Å². The van der Waals surface area contributed by atoms with Crippen LogP contribution in [0, 0.1) is 13.8 Å². The van der Waals surface area contributed by atoms with E-state index in [-0.39, 0.29) is 5.02 Å². The number of halogens is 1. The van der Waals surface area contributed by atoms with Crippen LogP contribution >= 0.6 is 11.6 Å². The van der Waals surface area contributed by atoms with Gasteiger partial charge in [0.15, 0.2) is 0 Å². The Labute approximate surface area is 109 Å². The normalized spacial score (nSPS) is 10.6. The molecule has 0 aliphatic carbocycles. The van der Waals surface area contributed by atoms with Crippen molar-refractivity contribution in [1.82, 2.24) is 9.55 Å². The number of nitrogens with zero attached hydrogens (tertiary/aromatic N) is 1. The molecule has 0 unspecified atom stereocenters. The van der Waals surface area contributed by atoms with E-state index in [1.807, 2.05) is 32.0 Å². The number of rotatable bonds is 2. The van der Waals surface area contributed by atoms with E-state index in [0.717, 1.165) is 16.7 Å². The third kappa shape index (κ3) is 2.54. The first-order valence-corrected chi connectivity index (χ1v) is 5.90. The second-order valence-electron chi connectivity index (χ2n) is 4.29. The van der Waals surface area contributed by atoms with Crippen LogP contribution < -0.4 is 11.2 Å². The number of nitrogens with one attached hydrogen (secondary N) is 1. The molecule has 2 rings (SSSR count). The van der Waals surface area contributed by atoms with Crippen molar-refractivity contribution in [3.63, 3.8) is 0 Å². The van der Waals surface area contributed by atoms with Crippen molar-refractivity contribution in [3.8, 4) is 0 Å². The molecule has 0 aliphatic heterocycles. The van der Waals surface area contributed by atoms with Gasteiger partial charge in [0.2, 0.25) is 0 Å². The first-order valence-electron chi connectivity index (χ1n) is 5.53. The van der Waals surface area contributed by atoms with Crippen LogP contribution in [0.1, 0.15) is 16.7 Å². The van der Waals surface area contributed by atoms with E-state index in [9.17, 15) is 9.59 Å². The number of aryl methyl sites for hydroxylation is 2. The van der Waals surface area contributed by atoms with E-state index >= 15 is 0 Å². The standard InChI is InChI=1S/C13H13ClN2O2/c1-8-3-4-9(2)10(5-8)6-16-7-11(14)12(17)15-13(16)18/h3-5,7H,6H2,1-2H3,(H,15,17,18). The molecule has 0 radical (unpaired) electrons. The van der Waals surface area contributed by atoms with Gasteiger partial charge in [0, 0.05) is 6.20 Å². The monoisotopic (exact) mass is 264 g/mol. The molecular weight excluding hydrogens is 252 g/mol. The number of hydrogen-bond acceptors (Lipinski definition) is 2. The summed E-state index contributed by atoms with van der Waals surface area (Å²) < 4.78 is 1.39. The Morgan fingerprint density at radius 1 is 1.28 bits per heavy atom. The van der Waals surface area contributed by atoms with Gasteiger partial charge < -0.3 is 0 Å². The summed E-state index contributed by atoms with van der Waals surface area (Å²) in [5.74, 6) is 0. The highest BCUT2D eigenvalue weighted by Gasteiger charge is 2.05. The van der Waals surface area contributed by atoms with Gasteiger partial charge in [-0.1, -0.05) is 35.4 Å². The predicted molar refractivity (Wildman–Crippen MR) is 71.4 cm³/mol. The van der Waals surface area contributed by atoms with Crippen LogP contribution in [0.3, 0.4) is 0 Å². The van der Waals surface area contributed by atoms with E-state index < -0.39 is 11.2 Å². The van der Waals surface area contributed by atoms with Gasteiger partial charge in [0.25, 0.3) is 5.56 Å². The molecule has 94 valence electrons. The minimum atomic E-state index is -0.557. The number of benzene rings is 1. The van der Waals surface area contributed by atoms with Crippen molar-refractivity contribution in [3.05, 3.63) is 66.9 Å². The van der Waals surface area contributed by atoms with Crippen molar-refractivity contribution in [2.24, 2.45) is 0 Å². The largest absolute Gasteiger partial charge is 0.328 e. The van der Waals surface area contributed by atoms with Crippen molar-refractivity contribution >= 4 is 11.6 Å². The lowest BCUT2D eigenvalue weighted by Crippen LogP contribution is -2.30. The molecule has 18 heavy (non-hydrogen) atoms. The lowest BCUT2D eigenvalue weighted by Gasteiger charge is -2.09. The molecule has 0 saturated carbocycles. The zero-order valence-electron chi connectivity index (χ0n) is 10.2. The molecule has 5 heteroatoms. The second-order valence-corrected chi connectivity index (χ2v) is 4.70. The number of aromatic amines is 1. The van der Waals surface area contributed by atoms with Gasteiger partial charge in [0.05, 0.1) is 6.54 Å². The maximum absolute atomic E-state index is 11.6. The van der Waals surface area contributed by atoms with Crippen LogP contribution in [0.2, 0.25) is 5.02 Å². The van der Waals surface area contributed by atoms with E-state index in [4.69, 9.17) is 11.6 Å². The lowest BCUT2D eigenvalue weighted by molar-refractivity contribution is 0.717. The molecule has 0 saturated heterocycles. The summed E-state index contributed by atoms with van der Waals surface area (Å²) in [4.78, 5) is 25.0. The molecule has 0 aliphatic rings. The van der Waals surface area contributed by atoms with Gasteiger partial charge >= 0.3 is 5.69 Å². The van der Waals surface area contributed by atoms with Crippen molar-refractivity contribution in [2.45, 2.75) is 20.4 Å². The summed E-state index contributed by atoms with van der Waals surface area (Å²) >= 11 is 5.72. The second kappa shape index (κ2) is 4.82. The molecule has 0 fully saturated rings. The summed E-state index contributed by atoms with van der Waals surface area (Å²) in [6.45, 7) is 4.36. The first-order chi connectivity index (χ1) is 8.47. The molecule has 4 nitrogen and oxygen atoms in total. The molecule has 1 N–H and O–H groups in total. The number of aromatic nitrogens is 2.